The number of aldehydes is 1. The highest BCUT2D eigenvalue weighted by atomic mass is 16.7. The second kappa shape index (κ2) is 10.7. The average Bonchev–Trinajstić information content (AvgIpc) is 3.23. The lowest BCUT2D eigenvalue weighted by molar-refractivity contribution is -0.313. The van der Waals surface area contributed by atoms with Crippen LogP contribution in [0.4, 0.5) is 0 Å². The summed E-state index contributed by atoms with van der Waals surface area (Å²) in [5.41, 5.74) is -4.02. The Kier molecular flexibility index (Phi) is 7.70. The molecule has 11 heteroatoms. The fourth-order valence-electron chi connectivity index (χ4n) is 9.97. The van der Waals surface area contributed by atoms with Gasteiger partial charge in [-0.1, -0.05) is 6.92 Å². The molecular weight excluding hydrogens is 560 g/mol. The van der Waals surface area contributed by atoms with Crippen LogP contribution in [0, 0.1) is 22.7 Å². The minimum Gasteiger partial charge on any atom is -0.460 e. The summed E-state index contributed by atoms with van der Waals surface area (Å²) >= 11 is 0. The molecule has 43 heavy (non-hydrogen) atoms. The number of rotatable bonds is 5. The van der Waals surface area contributed by atoms with Gasteiger partial charge in [-0.2, -0.15) is 0 Å². The molecule has 0 aromatic carbocycles. The van der Waals surface area contributed by atoms with Crippen LogP contribution >= 0.6 is 0 Å². The molecule has 1 aliphatic heterocycles. The van der Waals surface area contributed by atoms with Crippen molar-refractivity contribution in [1.82, 2.24) is 0 Å². The lowest BCUT2D eigenvalue weighted by Crippen LogP contribution is -2.71. The highest BCUT2D eigenvalue weighted by Gasteiger charge is 2.72. The van der Waals surface area contributed by atoms with E-state index < -0.39 is 64.3 Å². The molecule has 4 aliphatic carbocycles. The topological polar surface area (TPSA) is 173 Å². The molecule has 1 aromatic rings. The van der Waals surface area contributed by atoms with Crippen LogP contribution in [0.25, 0.3) is 0 Å². The number of aliphatic hydroxyl groups is 4. The third-order valence-corrected chi connectivity index (χ3v) is 12.1. The monoisotopic (exact) mass is 604 g/mol. The molecule has 1 saturated heterocycles. The summed E-state index contributed by atoms with van der Waals surface area (Å²) in [7, 11) is 0. The number of ether oxygens (including phenoxy) is 3. The lowest BCUT2D eigenvalue weighted by atomic mass is 9.41. The van der Waals surface area contributed by atoms with Crippen LogP contribution in [0.1, 0.15) is 90.0 Å². The van der Waals surface area contributed by atoms with Crippen molar-refractivity contribution < 1.29 is 48.6 Å². The van der Waals surface area contributed by atoms with Crippen LogP contribution < -0.4 is 5.63 Å². The molecule has 4 N–H and O–H groups in total. The number of fused-ring (bicyclic) bond motifs is 5. The molecular formula is C32H44O11. The first-order chi connectivity index (χ1) is 20.3. The SMILES string of the molecule is CC(=O)OC1C[C@]2(C=O)[C@H]3CC[C@]4(C)[C@@H](c5ccc(=O)oc5)CC[C@]4(O)[C@@H]3CCC2(O)CC1O[C@@H]1O[C@@H](C)C[C@H](O)[C@H]1O. The van der Waals surface area contributed by atoms with E-state index in [2.05, 4.69) is 6.92 Å². The maximum atomic E-state index is 13.3. The first-order valence-corrected chi connectivity index (χ1v) is 15.6. The van der Waals surface area contributed by atoms with Crippen molar-refractivity contribution in [1.29, 1.82) is 0 Å². The van der Waals surface area contributed by atoms with Crippen molar-refractivity contribution >= 4 is 12.3 Å². The molecule has 11 nitrogen and oxygen atoms in total. The van der Waals surface area contributed by atoms with Gasteiger partial charge in [-0.05, 0) is 74.8 Å². The molecule has 4 saturated carbocycles. The van der Waals surface area contributed by atoms with E-state index in [0.29, 0.717) is 32.1 Å². The normalized spacial score (nSPS) is 49.3. The smallest absolute Gasteiger partial charge is 0.335 e. The molecule has 2 heterocycles. The summed E-state index contributed by atoms with van der Waals surface area (Å²) < 4.78 is 22.8. The Morgan fingerprint density at radius 1 is 1.05 bits per heavy atom. The summed E-state index contributed by atoms with van der Waals surface area (Å²) in [6.45, 7) is 5.11. The third kappa shape index (κ3) is 4.65. The number of aliphatic hydroxyl groups excluding tert-OH is 2. The highest BCUT2D eigenvalue weighted by Crippen LogP contribution is 2.71. The van der Waals surface area contributed by atoms with Crippen molar-refractivity contribution in [2.24, 2.45) is 22.7 Å². The number of carbonyl (C=O) groups is 2. The first kappa shape index (κ1) is 30.9. The molecule has 238 valence electrons. The summed E-state index contributed by atoms with van der Waals surface area (Å²) in [5, 5.41) is 45.7. The molecule has 6 rings (SSSR count). The Morgan fingerprint density at radius 2 is 1.79 bits per heavy atom. The van der Waals surface area contributed by atoms with Gasteiger partial charge >= 0.3 is 11.6 Å². The van der Waals surface area contributed by atoms with Crippen molar-refractivity contribution in [2.45, 2.75) is 132 Å². The predicted octanol–water partition coefficient (Wildman–Crippen LogP) is 1.96. The molecule has 5 fully saturated rings. The van der Waals surface area contributed by atoms with Crippen molar-refractivity contribution in [2.75, 3.05) is 0 Å². The van der Waals surface area contributed by atoms with Gasteiger partial charge in [0.25, 0.3) is 0 Å². The van der Waals surface area contributed by atoms with Crippen molar-refractivity contribution in [3.05, 3.63) is 34.4 Å². The molecule has 0 radical (unpaired) electrons. The Bertz CT molecular complexity index is 1280. The zero-order chi connectivity index (χ0) is 30.9. The zero-order valence-corrected chi connectivity index (χ0v) is 25.0. The van der Waals surface area contributed by atoms with Crippen LogP contribution in [0.15, 0.2) is 27.6 Å². The van der Waals surface area contributed by atoms with Gasteiger partial charge in [0, 0.05) is 37.7 Å². The largest absolute Gasteiger partial charge is 0.460 e. The quantitative estimate of drug-likeness (QED) is 0.220. The number of hydrogen-bond donors (Lipinski definition) is 4. The Labute approximate surface area is 250 Å². The van der Waals surface area contributed by atoms with Crippen LogP contribution in [-0.2, 0) is 23.8 Å². The standard InChI is InChI=1S/C32H44O11/c1-17-12-23(35)27(37)28(41-17)43-25-14-31(38)10-7-22-21(30(31,16-33)13-24(25)42-18(2)34)6-9-29(3)20(8-11-32(22,29)39)19-4-5-26(36)40-15-19/h4-5,15-17,20-25,27-28,35,37-39H,6-14H2,1-3H3/t17-,20+,21-,22+,23-,24?,25?,27+,28-,29+,30-,31?,32-/m0/s1. The third-order valence-electron chi connectivity index (χ3n) is 12.1. The minimum absolute atomic E-state index is 0.000595. The van der Waals surface area contributed by atoms with Gasteiger partial charge < -0.3 is 43.8 Å². The Morgan fingerprint density at radius 3 is 2.47 bits per heavy atom. The van der Waals surface area contributed by atoms with Crippen molar-refractivity contribution in [3.63, 3.8) is 0 Å². The highest BCUT2D eigenvalue weighted by molar-refractivity contribution is 5.67. The van der Waals surface area contributed by atoms with E-state index in [0.717, 1.165) is 11.8 Å². The fraction of sp³-hybridized carbons (Fsp3) is 0.781. The second-order valence-corrected chi connectivity index (χ2v) is 14.1. The predicted molar refractivity (Wildman–Crippen MR) is 150 cm³/mol. The Balaban J connectivity index is 1.31. The van der Waals surface area contributed by atoms with Gasteiger partial charge in [0.05, 0.1) is 35.1 Å². The average molecular weight is 605 g/mol. The van der Waals surface area contributed by atoms with Gasteiger partial charge in [0.1, 0.15) is 24.6 Å². The number of esters is 1. The molecule has 1 aromatic heterocycles. The van der Waals surface area contributed by atoms with Gasteiger partial charge in [-0.15, -0.1) is 0 Å². The number of hydrogen-bond acceptors (Lipinski definition) is 11. The van der Waals surface area contributed by atoms with Crippen LogP contribution in [0.3, 0.4) is 0 Å². The molecule has 0 spiro atoms. The second-order valence-electron chi connectivity index (χ2n) is 14.1. The minimum atomic E-state index is -1.51. The Hall–Kier alpha value is -2.15. The summed E-state index contributed by atoms with van der Waals surface area (Å²) in [6, 6.07) is 3.17. The van der Waals surface area contributed by atoms with Gasteiger partial charge in [-0.25, -0.2) is 4.79 Å². The van der Waals surface area contributed by atoms with Crippen LogP contribution in [0.5, 0.6) is 0 Å². The summed E-state index contributed by atoms with van der Waals surface area (Å²) in [5.74, 6) is -1.26. The van der Waals surface area contributed by atoms with Crippen LogP contribution in [0.2, 0.25) is 0 Å². The molecule has 3 unspecified atom stereocenters. The van der Waals surface area contributed by atoms with E-state index in [9.17, 15) is 34.8 Å². The number of carbonyl (C=O) groups excluding carboxylic acids is 2. The molecule has 13 atom stereocenters. The van der Waals surface area contributed by atoms with Gasteiger partial charge in [0.15, 0.2) is 6.29 Å². The first-order valence-electron chi connectivity index (χ1n) is 15.6. The summed E-state index contributed by atoms with van der Waals surface area (Å²) in [4.78, 5) is 37.1. The maximum Gasteiger partial charge on any atom is 0.335 e. The molecule has 0 amide bonds. The van der Waals surface area contributed by atoms with Gasteiger partial charge in [0.2, 0.25) is 0 Å². The van der Waals surface area contributed by atoms with E-state index in [4.69, 9.17) is 18.6 Å². The van der Waals surface area contributed by atoms with E-state index in [1.54, 1.807) is 13.0 Å². The zero-order valence-electron chi connectivity index (χ0n) is 25.0. The van der Waals surface area contributed by atoms with Crippen LogP contribution in [-0.4, -0.2) is 80.7 Å². The maximum absolute atomic E-state index is 13.3. The fourth-order valence-corrected chi connectivity index (χ4v) is 9.97. The lowest BCUT2D eigenvalue weighted by Gasteiger charge is -2.65. The summed E-state index contributed by atoms with van der Waals surface area (Å²) in [6.07, 6.45) is -0.169. The van der Waals surface area contributed by atoms with E-state index >= 15 is 0 Å². The molecule has 0 bridgehead atoms. The molecule has 5 aliphatic rings. The van der Waals surface area contributed by atoms with Crippen molar-refractivity contribution in [3.8, 4) is 0 Å². The van der Waals surface area contributed by atoms with E-state index in [-0.39, 0.29) is 49.5 Å². The van der Waals surface area contributed by atoms with E-state index in [1.807, 2.05) is 0 Å². The van der Waals surface area contributed by atoms with E-state index in [1.165, 1.54) is 19.3 Å². The van der Waals surface area contributed by atoms with Gasteiger partial charge in [-0.3, -0.25) is 4.79 Å².